The molecule has 0 aliphatic carbocycles. The van der Waals surface area contributed by atoms with E-state index in [2.05, 4.69) is 4.90 Å². The maximum Gasteiger partial charge on any atom is 0.260 e. The Bertz CT molecular complexity index is 709. The molecule has 7 heteroatoms. The third-order valence-electron chi connectivity index (χ3n) is 6.20. The molecule has 0 unspecified atom stereocenters. The van der Waals surface area contributed by atoms with Gasteiger partial charge >= 0.3 is 0 Å². The van der Waals surface area contributed by atoms with E-state index in [0.29, 0.717) is 18.5 Å². The molecule has 5 rings (SSSR count). The van der Waals surface area contributed by atoms with Crippen molar-refractivity contribution in [3.63, 3.8) is 0 Å². The van der Waals surface area contributed by atoms with Crippen LogP contribution in [0.15, 0.2) is 12.1 Å². The smallest absolute Gasteiger partial charge is 0.260 e. The van der Waals surface area contributed by atoms with Crippen LogP contribution in [0.3, 0.4) is 0 Å². The van der Waals surface area contributed by atoms with Crippen molar-refractivity contribution >= 4 is 5.91 Å². The van der Waals surface area contributed by atoms with Crippen molar-refractivity contribution in [3.8, 4) is 5.75 Å². The molecule has 4 aliphatic rings. The maximum atomic E-state index is 14.6. The topological polar surface area (TPSA) is 42.0 Å². The van der Waals surface area contributed by atoms with Crippen molar-refractivity contribution in [3.05, 3.63) is 29.3 Å². The highest BCUT2D eigenvalue weighted by Crippen LogP contribution is 2.33. The summed E-state index contributed by atoms with van der Waals surface area (Å²) < 4.78 is 39.3. The number of hydrogen-bond acceptors (Lipinski definition) is 4. The highest BCUT2D eigenvalue weighted by Gasteiger charge is 2.40. The largest absolute Gasteiger partial charge is 0.494 e. The summed E-state index contributed by atoms with van der Waals surface area (Å²) in [5.74, 6) is -2.08. The van der Waals surface area contributed by atoms with E-state index in [1.807, 2.05) is 0 Å². The monoisotopic (exact) mass is 380 g/mol. The van der Waals surface area contributed by atoms with Crippen LogP contribution >= 0.6 is 0 Å². The van der Waals surface area contributed by atoms with Gasteiger partial charge in [0.25, 0.3) is 5.91 Å². The van der Waals surface area contributed by atoms with Crippen LogP contribution in [0.5, 0.6) is 5.75 Å². The maximum absolute atomic E-state index is 14.6. The number of halogens is 2. The third-order valence-corrected chi connectivity index (χ3v) is 6.20. The van der Waals surface area contributed by atoms with Crippen LogP contribution < -0.4 is 4.74 Å². The average molecular weight is 380 g/mol. The molecule has 2 atom stereocenters. The van der Waals surface area contributed by atoms with Gasteiger partial charge in [-0.1, -0.05) is 0 Å². The van der Waals surface area contributed by atoms with Crippen LogP contribution in [-0.4, -0.2) is 67.7 Å². The second kappa shape index (κ2) is 7.72. The molecule has 0 N–H and O–H groups in total. The molecule has 1 aromatic rings. The number of methoxy groups -OCH3 is 1. The highest BCUT2D eigenvalue weighted by atomic mass is 19.1. The van der Waals surface area contributed by atoms with Crippen molar-refractivity contribution in [2.45, 2.75) is 37.8 Å². The molecule has 4 saturated heterocycles. The number of ether oxygens (including phenoxy) is 2. The second-order valence-electron chi connectivity index (χ2n) is 7.79. The van der Waals surface area contributed by atoms with Gasteiger partial charge in [-0.3, -0.25) is 9.69 Å². The molecule has 4 aliphatic heterocycles. The first-order valence-electron chi connectivity index (χ1n) is 9.73. The van der Waals surface area contributed by atoms with Crippen molar-refractivity contribution < 1.29 is 23.0 Å². The predicted octanol–water partition coefficient (Wildman–Crippen LogP) is 2.69. The van der Waals surface area contributed by atoms with E-state index in [4.69, 9.17) is 9.47 Å². The first-order valence-corrected chi connectivity index (χ1v) is 9.73. The zero-order valence-electron chi connectivity index (χ0n) is 15.6. The average Bonchev–Trinajstić information content (AvgIpc) is 3.01. The molecule has 4 heterocycles. The lowest BCUT2D eigenvalue weighted by Gasteiger charge is -2.37. The van der Waals surface area contributed by atoms with Crippen LogP contribution in [0.2, 0.25) is 0 Å². The molecule has 1 amide bonds. The number of piperidine rings is 1. The van der Waals surface area contributed by atoms with Gasteiger partial charge in [0, 0.05) is 44.9 Å². The van der Waals surface area contributed by atoms with Gasteiger partial charge < -0.3 is 14.4 Å². The fraction of sp³-hybridized carbons (Fsp3) is 0.650. The summed E-state index contributed by atoms with van der Waals surface area (Å²) in [6.07, 6.45) is 3.94. The lowest BCUT2D eigenvalue weighted by Crippen LogP contribution is -2.49. The number of amides is 1. The minimum atomic E-state index is -0.913. The summed E-state index contributed by atoms with van der Waals surface area (Å²) >= 11 is 0. The molecular formula is C20H26F2N2O3. The minimum Gasteiger partial charge on any atom is -0.494 e. The number of carbonyl (C=O) groups is 1. The minimum absolute atomic E-state index is 0.0101. The van der Waals surface area contributed by atoms with Gasteiger partial charge in [-0.15, -0.1) is 0 Å². The molecule has 4 fully saturated rings. The summed E-state index contributed by atoms with van der Waals surface area (Å²) in [6, 6.07) is 2.77. The fourth-order valence-corrected chi connectivity index (χ4v) is 4.75. The Morgan fingerprint density at radius 2 is 1.85 bits per heavy atom. The van der Waals surface area contributed by atoms with Crippen LogP contribution in [0.4, 0.5) is 8.78 Å². The quantitative estimate of drug-likeness (QED) is 0.809. The van der Waals surface area contributed by atoms with Gasteiger partial charge in [0.15, 0.2) is 11.6 Å². The van der Waals surface area contributed by atoms with Crippen molar-refractivity contribution in [1.29, 1.82) is 0 Å². The Hall–Kier alpha value is -1.73. The number of carbonyl (C=O) groups excluding carboxylic acids is 1. The van der Waals surface area contributed by atoms with E-state index < -0.39 is 23.1 Å². The van der Waals surface area contributed by atoms with Gasteiger partial charge in [-0.2, -0.15) is 0 Å². The third kappa shape index (κ3) is 3.55. The van der Waals surface area contributed by atoms with Crippen molar-refractivity contribution in [2.24, 2.45) is 5.92 Å². The molecule has 27 heavy (non-hydrogen) atoms. The summed E-state index contributed by atoms with van der Waals surface area (Å²) in [6.45, 7) is 3.81. The standard InChI is InChI=1S/C20H26F2N2O3/c1-26-17-5-4-16(21)18(19(17)22)20(25)24-11-13-2-3-15(24)12-23(10-13)14-6-8-27-9-7-14/h4-5,13-15H,2-3,6-12H2,1H3/t13-,15+/m0/s1. The number of fused-ring (bicyclic) bond motifs is 4. The Labute approximate surface area is 158 Å². The molecule has 1 aromatic carbocycles. The van der Waals surface area contributed by atoms with E-state index in [-0.39, 0.29) is 11.8 Å². The predicted molar refractivity (Wildman–Crippen MR) is 95.9 cm³/mol. The molecule has 0 saturated carbocycles. The second-order valence-corrected chi connectivity index (χ2v) is 7.79. The molecular weight excluding hydrogens is 354 g/mol. The van der Waals surface area contributed by atoms with Crippen LogP contribution in [0.1, 0.15) is 36.0 Å². The lowest BCUT2D eigenvalue weighted by atomic mass is 9.94. The van der Waals surface area contributed by atoms with Crippen LogP contribution in [0.25, 0.3) is 0 Å². The number of hydrogen-bond donors (Lipinski definition) is 0. The fourth-order valence-electron chi connectivity index (χ4n) is 4.75. The zero-order chi connectivity index (χ0) is 19.0. The Morgan fingerprint density at radius 1 is 1.07 bits per heavy atom. The highest BCUT2D eigenvalue weighted by molar-refractivity contribution is 5.95. The summed E-state index contributed by atoms with van der Waals surface area (Å²) in [7, 11) is 1.31. The molecule has 0 aromatic heterocycles. The van der Waals surface area contributed by atoms with Gasteiger partial charge in [0.2, 0.25) is 0 Å². The van der Waals surface area contributed by atoms with Gasteiger partial charge in [-0.05, 0) is 43.7 Å². The van der Waals surface area contributed by atoms with Gasteiger partial charge in [0.1, 0.15) is 11.4 Å². The molecule has 2 bridgehead atoms. The van der Waals surface area contributed by atoms with E-state index in [0.717, 1.165) is 58.1 Å². The summed E-state index contributed by atoms with van der Waals surface area (Å²) in [4.78, 5) is 17.2. The van der Waals surface area contributed by atoms with E-state index in [1.54, 1.807) is 4.90 Å². The number of rotatable bonds is 3. The molecule has 0 radical (unpaired) electrons. The molecule has 148 valence electrons. The number of benzene rings is 1. The normalized spacial score (nSPS) is 26.9. The van der Waals surface area contributed by atoms with Gasteiger partial charge in [-0.25, -0.2) is 8.78 Å². The Kier molecular flexibility index (Phi) is 5.32. The van der Waals surface area contributed by atoms with Crippen LogP contribution in [-0.2, 0) is 4.74 Å². The summed E-state index contributed by atoms with van der Waals surface area (Å²) in [5.41, 5.74) is -0.500. The first-order chi connectivity index (χ1) is 13.1. The first kappa shape index (κ1) is 18.6. The van der Waals surface area contributed by atoms with Crippen molar-refractivity contribution in [2.75, 3.05) is 40.0 Å². The van der Waals surface area contributed by atoms with E-state index in [1.165, 1.54) is 13.2 Å². The number of nitrogens with zero attached hydrogens (tertiary/aromatic N) is 2. The Morgan fingerprint density at radius 3 is 2.59 bits per heavy atom. The summed E-state index contributed by atoms with van der Waals surface area (Å²) in [5, 5.41) is 0. The molecule has 0 spiro atoms. The lowest BCUT2D eigenvalue weighted by molar-refractivity contribution is 0.0303. The van der Waals surface area contributed by atoms with E-state index in [9.17, 15) is 13.6 Å². The van der Waals surface area contributed by atoms with Gasteiger partial charge in [0.05, 0.1) is 7.11 Å². The zero-order valence-corrected chi connectivity index (χ0v) is 15.6. The van der Waals surface area contributed by atoms with E-state index >= 15 is 0 Å². The SMILES string of the molecule is COc1ccc(F)c(C(=O)N2C[C@H]3CC[C@@H]2CN(C2CCOCC2)C3)c1F. The van der Waals surface area contributed by atoms with Crippen LogP contribution in [0, 0.1) is 17.6 Å². The molecule has 5 nitrogen and oxygen atoms in total. The van der Waals surface area contributed by atoms with Crippen molar-refractivity contribution in [1.82, 2.24) is 9.80 Å². The Balaban J connectivity index is 1.57.